The van der Waals surface area contributed by atoms with E-state index in [-0.39, 0.29) is 5.91 Å². The highest BCUT2D eigenvalue weighted by molar-refractivity contribution is 5.95. The van der Waals surface area contributed by atoms with E-state index in [4.69, 9.17) is 0 Å². The predicted octanol–water partition coefficient (Wildman–Crippen LogP) is 3.93. The number of para-hydroxylation sites is 1. The van der Waals surface area contributed by atoms with Crippen LogP contribution in [0, 0.1) is 12.8 Å². The van der Waals surface area contributed by atoms with E-state index in [2.05, 4.69) is 31.1 Å². The van der Waals surface area contributed by atoms with Gasteiger partial charge in [0.05, 0.1) is 23.1 Å². The summed E-state index contributed by atoms with van der Waals surface area (Å²) in [7, 11) is 0. The Bertz CT molecular complexity index is 760. The number of likely N-dealkylation sites (tertiary alicyclic amines) is 1. The number of nitrogens with zero attached hydrogens (tertiary/aromatic N) is 3. The number of carbonyl (C=O) groups is 1. The lowest BCUT2D eigenvalue weighted by atomic mass is 9.99. The van der Waals surface area contributed by atoms with Gasteiger partial charge in [0.1, 0.15) is 0 Å². The van der Waals surface area contributed by atoms with Gasteiger partial charge >= 0.3 is 0 Å². The number of piperidine rings is 1. The first-order chi connectivity index (χ1) is 11.6. The first kappa shape index (κ1) is 15.4. The quantitative estimate of drug-likeness (QED) is 0.858. The van der Waals surface area contributed by atoms with Gasteiger partial charge in [-0.15, -0.1) is 0 Å². The number of benzene rings is 1. The summed E-state index contributed by atoms with van der Waals surface area (Å²) in [6.45, 7) is 6.08. The van der Waals surface area contributed by atoms with E-state index >= 15 is 0 Å². The number of hydrogen-bond acceptors (Lipinski definition) is 2. The minimum atomic E-state index is 0.170. The van der Waals surface area contributed by atoms with Gasteiger partial charge in [0.15, 0.2) is 0 Å². The number of carbonyl (C=O) groups excluding carboxylic acids is 1. The van der Waals surface area contributed by atoms with E-state index < -0.39 is 0 Å². The second-order valence-electron chi connectivity index (χ2n) is 7.41. The number of aryl methyl sites for hydroxylation is 1. The van der Waals surface area contributed by atoms with E-state index in [1.165, 1.54) is 12.0 Å². The van der Waals surface area contributed by atoms with Gasteiger partial charge in [-0.2, -0.15) is 5.10 Å². The van der Waals surface area contributed by atoms with Crippen molar-refractivity contribution in [3.63, 3.8) is 0 Å². The van der Waals surface area contributed by atoms with Gasteiger partial charge < -0.3 is 4.90 Å². The van der Waals surface area contributed by atoms with Gasteiger partial charge in [0, 0.05) is 19.0 Å². The molecule has 4 nitrogen and oxygen atoms in total. The normalized spacial score (nSPS) is 21.1. The second kappa shape index (κ2) is 6.08. The number of rotatable bonds is 3. The van der Waals surface area contributed by atoms with Crippen molar-refractivity contribution >= 4 is 5.91 Å². The summed E-state index contributed by atoms with van der Waals surface area (Å²) in [6, 6.07) is 8.27. The fraction of sp³-hybridized carbons (Fsp3) is 0.500. The average Bonchev–Trinajstić information content (AvgIpc) is 3.33. The molecule has 1 aliphatic carbocycles. The van der Waals surface area contributed by atoms with Crippen molar-refractivity contribution < 1.29 is 4.79 Å². The number of amides is 1. The van der Waals surface area contributed by atoms with Crippen LogP contribution in [0.25, 0.3) is 5.69 Å². The molecule has 4 heteroatoms. The minimum absolute atomic E-state index is 0.170. The van der Waals surface area contributed by atoms with Gasteiger partial charge in [-0.05, 0) is 50.2 Å². The summed E-state index contributed by atoms with van der Waals surface area (Å²) in [4.78, 5) is 15.1. The third-order valence-corrected chi connectivity index (χ3v) is 5.29. The van der Waals surface area contributed by atoms with Gasteiger partial charge in [0.25, 0.3) is 5.91 Å². The zero-order valence-electron chi connectivity index (χ0n) is 14.5. The molecule has 1 saturated carbocycles. The molecule has 1 aromatic carbocycles. The highest BCUT2D eigenvalue weighted by Gasteiger charge is 2.35. The van der Waals surface area contributed by atoms with Crippen molar-refractivity contribution in [3.05, 3.63) is 47.3 Å². The second-order valence-corrected chi connectivity index (χ2v) is 7.41. The molecule has 1 atom stereocenters. The maximum Gasteiger partial charge on any atom is 0.257 e. The van der Waals surface area contributed by atoms with Crippen LogP contribution in [0.1, 0.15) is 60.1 Å². The molecule has 2 aromatic rings. The van der Waals surface area contributed by atoms with E-state index in [1.54, 1.807) is 6.20 Å². The maximum atomic E-state index is 13.1. The van der Waals surface area contributed by atoms with Crippen molar-refractivity contribution in [2.75, 3.05) is 13.1 Å². The summed E-state index contributed by atoms with van der Waals surface area (Å²) in [5, 5.41) is 4.61. The Labute approximate surface area is 143 Å². The highest BCUT2D eigenvalue weighted by atomic mass is 16.2. The molecule has 1 amide bonds. The van der Waals surface area contributed by atoms with Crippen LogP contribution in [0.4, 0.5) is 0 Å². The Hall–Kier alpha value is -2.10. The SMILES string of the molecule is Cc1ccccc1-n1ncc(C(=O)N2CCCC(C)C2)c1C1CC1. The van der Waals surface area contributed by atoms with Crippen LogP contribution >= 0.6 is 0 Å². The lowest BCUT2D eigenvalue weighted by molar-refractivity contribution is 0.0682. The molecular formula is C20H25N3O. The summed E-state index contributed by atoms with van der Waals surface area (Å²) in [6.07, 6.45) is 6.45. The number of hydrogen-bond donors (Lipinski definition) is 0. The van der Waals surface area contributed by atoms with Crippen molar-refractivity contribution in [1.29, 1.82) is 0 Å². The number of aromatic nitrogens is 2. The van der Waals surface area contributed by atoms with Crippen LogP contribution in [0.2, 0.25) is 0 Å². The average molecular weight is 323 g/mol. The molecule has 0 N–H and O–H groups in total. The first-order valence-corrected chi connectivity index (χ1v) is 9.08. The van der Waals surface area contributed by atoms with Gasteiger partial charge in [-0.25, -0.2) is 4.68 Å². The third-order valence-electron chi connectivity index (χ3n) is 5.29. The van der Waals surface area contributed by atoms with Crippen LogP contribution in [0.15, 0.2) is 30.5 Å². The zero-order chi connectivity index (χ0) is 16.7. The summed E-state index contributed by atoms with van der Waals surface area (Å²) >= 11 is 0. The van der Waals surface area contributed by atoms with E-state index in [9.17, 15) is 4.79 Å². The molecule has 126 valence electrons. The predicted molar refractivity (Wildman–Crippen MR) is 94.6 cm³/mol. The van der Waals surface area contributed by atoms with Gasteiger partial charge in [-0.1, -0.05) is 25.1 Å². The molecule has 4 rings (SSSR count). The molecule has 0 spiro atoms. The molecule has 2 heterocycles. The molecule has 1 saturated heterocycles. The van der Waals surface area contributed by atoms with Crippen molar-refractivity contribution in [2.45, 2.75) is 45.4 Å². The minimum Gasteiger partial charge on any atom is -0.338 e. The summed E-state index contributed by atoms with van der Waals surface area (Å²) < 4.78 is 2.01. The Morgan fingerprint density at radius 3 is 2.71 bits per heavy atom. The van der Waals surface area contributed by atoms with Crippen molar-refractivity contribution in [2.24, 2.45) is 5.92 Å². The summed E-state index contributed by atoms with van der Waals surface area (Å²) in [5.74, 6) is 1.25. The van der Waals surface area contributed by atoms with Crippen LogP contribution in [0.3, 0.4) is 0 Å². The fourth-order valence-corrected chi connectivity index (χ4v) is 3.81. The van der Waals surface area contributed by atoms with Gasteiger partial charge in [-0.3, -0.25) is 4.79 Å². The molecule has 0 bridgehead atoms. The third kappa shape index (κ3) is 2.74. The van der Waals surface area contributed by atoms with Crippen molar-refractivity contribution in [1.82, 2.24) is 14.7 Å². The standard InChI is InChI=1S/C20H25N3O/c1-14-6-5-11-22(13-14)20(24)17-12-21-23(19(17)16-9-10-16)18-8-4-3-7-15(18)2/h3-4,7-8,12,14,16H,5-6,9-11,13H2,1-2H3. The van der Waals surface area contributed by atoms with E-state index in [0.717, 1.165) is 49.3 Å². The molecule has 2 fully saturated rings. The lowest BCUT2D eigenvalue weighted by Gasteiger charge is -2.31. The lowest BCUT2D eigenvalue weighted by Crippen LogP contribution is -2.39. The van der Waals surface area contributed by atoms with Crippen LogP contribution in [-0.4, -0.2) is 33.7 Å². The van der Waals surface area contributed by atoms with Crippen LogP contribution in [-0.2, 0) is 0 Å². The Morgan fingerprint density at radius 1 is 1.21 bits per heavy atom. The van der Waals surface area contributed by atoms with Gasteiger partial charge in [0.2, 0.25) is 0 Å². The molecule has 1 aliphatic heterocycles. The van der Waals surface area contributed by atoms with Crippen LogP contribution in [0.5, 0.6) is 0 Å². The molecule has 1 aromatic heterocycles. The first-order valence-electron chi connectivity index (χ1n) is 9.08. The van der Waals surface area contributed by atoms with Crippen molar-refractivity contribution in [3.8, 4) is 5.69 Å². The molecule has 2 aliphatic rings. The van der Waals surface area contributed by atoms with E-state index in [1.807, 2.05) is 21.7 Å². The Kier molecular flexibility index (Phi) is 3.91. The Morgan fingerprint density at radius 2 is 2.00 bits per heavy atom. The molecular weight excluding hydrogens is 298 g/mol. The van der Waals surface area contributed by atoms with E-state index in [0.29, 0.717) is 11.8 Å². The molecule has 24 heavy (non-hydrogen) atoms. The van der Waals surface area contributed by atoms with Crippen LogP contribution < -0.4 is 0 Å². The maximum absolute atomic E-state index is 13.1. The monoisotopic (exact) mass is 323 g/mol. The molecule has 0 radical (unpaired) electrons. The zero-order valence-corrected chi connectivity index (χ0v) is 14.5. The highest BCUT2D eigenvalue weighted by Crippen LogP contribution is 2.43. The largest absolute Gasteiger partial charge is 0.338 e. The molecule has 1 unspecified atom stereocenters. The Balaban J connectivity index is 1.72. The summed E-state index contributed by atoms with van der Waals surface area (Å²) in [5.41, 5.74) is 4.21. The smallest absolute Gasteiger partial charge is 0.257 e. The topological polar surface area (TPSA) is 38.1 Å². The fourth-order valence-electron chi connectivity index (χ4n) is 3.81.